The Labute approximate surface area is 126 Å². The van der Waals surface area contributed by atoms with Crippen LogP contribution < -0.4 is 10.1 Å². The molecule has 0 radical (unpaired) electrons. The summed E-state index contributed by atoms with van der Waals surface area (Å²) in [5.41, 5.74) is -0.0920. The van der Waals surface area contributed by atoms with Crippen LogP contribution in [0.4, 0.5) is 23.7 Å². The van der Waals surface area contributed by atoms with E-state index in [0.717, 1.165) is 18.9 Å². The monoisotopic (exact) mass is 318 g/mol. The Morgan fingerprint density at radius 1 is 1.41 bits per heavy atom. The van der Waals surface area contributed by atoms with Gasteiger partial charge in [-0.1, -0.05) is 6.07 Å². The van der Waals surface area contributed by atoms with E-state index in [1.165, 1.54) is 23.1 Å². The lowest BCUT2D eigenvalue weighted by Crippen LogP contribution is -2.44. The maximum absolute atomic E-state index is 12.2. The Morgan fingerprint density at radius 2 is 2.09 bits per heavy atom. The normalized spacial score (nSPS) is 16.0. The standard InChI is InChI=1S/C14H17F3N2O3/c1-19(13(6-7-13)9-21-2)12(20)18-10-4-3-5-11(8-10)22-14(15,16)17/h3-5,8H,6-7,9H2,1-2H3,(H,18,20). The molecule has 0 bridgehead atoms. The smallest absolute Gasteiger partial charge is 0.406 e. The molecule has 2 amide bonds. The van der Waals surface area contributed by atoms with Gasteiger partial charge in [-0.3, -0.25) is 0 Å². The van der Waals surface area contributed by atoms with E-state index in [4.69, 9.17) is 4.74 Å². The Balaban J connectivity index is 2.01. The fraction of sp³-hybridized carbons (Fsp3) is 0.500. The highest BCUT2D eigenvalue weighted by Crippen LogP contribution is 2.41. The molecule has 0 aliphatic heterocycles. The van der Waals surface area contributed by atoms with Gasteiger partial charge >= 0.3 is 12.4 Å². The van der Waals surface area contributed by atoms with Gasteiger partial charge in [0, 0.05) is 25.9 Å². The van der Waals surface area contributed by atoms with Crippen molar-refractivity contribution in [2.24, 2.45) is 0 Å². The molecule has 0 unspecified atom stereocenters. The maximum atomic E-state index is 12.2. The number of alkyl halides is 3. The number of amides is 2. The Hall–Kier alpha value is -1.96. The average molecular weight is 318 g/mol. The molecule has 1 N–H and O–H groups in total. The summed E-state index contributed by atoms with van der Waals surface area (Å²) in [6.45, 7) is 0.425. The van der Waals surface area contributed by atoms with Gasteiger partial charge in [0.25, 0.3) is 0 Å². The van der Waals surface area contributed by atoms with Crippen LogP contribution in [0.2, 0.25) is 0 Å². The lowest BCUT2D eigenvalue weighted by atomic mass is 10.2. The number of hydrogen-bond donors (Lipinski definition) is 1. The summed E-state index contributed by atoms with van der Waals surface area (Å²) in [4.78, 5) is 13.7. The zero-order chi connectivity index (χ0) is 16.4. The van der Waals surface area contributed by atoms with E-state index < -0.39 is 12.4 Å². The summed E-state index contributed by atoms with van der Waals surface area (Å²) in [5.74, 6) is -0.383. The van der Waals surface area contributed by atoms with Crippen LogP contribution in [0.25, 0.3) is 0 Å². The summed E-state index contributed by atoms with van der Waals surface area (Å²) in [6, 6.07) is 4.75. The van der Waals surface area contributed by atoms with Crippen molar-refractivity contribution in [3.05, 3.63) is 24.3 Å². The molecule has 1 aliphatic carbocycles. The van der Waals surface area contributed by atoms with Crippen molar-refractivity contribution in [1.29, 1.82) is 0 Å². The van der Waals surface area contributed by atoms with Crippen molar-refractivity contribution >= 4 is 11.7 Å². The fourth-order valence-electron chi connectivity index (χ4n) is 2.18. The third-order valence-electron chi connectivity index (χ3n) is 3.58. The third kappa shape index (κ3) is 4.03. The summed E-state index contributed by atoms with van der Waals surface area (Å²) < 4.78 is 45.5. The highest BCUT2D eigenvalue weighted by Gasteiger charge is 2.48. The lowest BCUT2D eigenvalue weighted by molar-refractivity contribution is -0.274. The number of benzene rings is 1. The molecule has 0 atom stereocenters. The first-order valence-electron chi connectivity index (χ1n) is 6.65. The predicted octanol–water partition coefficient (Wildman–Crippen LogP) is 3.23. The molecule has 0 spiro atoms. The first kappa shape index (κ1) is 16.4. The van der Waals surface area contributed by atoms with Gasteiger partial charge in [-0.2, -0.15) is 0 Å². The predicted molar refractivity (Wildman–Crippen MR) is 73.7 cm³/mol. The topological polar surface area (TPSA) is 50.8 Å². The van der Waals surface area contributed by atoms with Crippen LogP contribution in [0, 0.1) is 0 Å². The van der Waals surface area contributed by atoms with Crippen LogP contribution in [0.3, 0.4) is 0 Å². The maximum Gasteiger partial charge on any atom is 0.573 e. The average Bonchev–Trinajstić information content (AvgIpc) is 3.17. The van der Waals surface area contributed by atoms with Crippen LogP contribution in [0.5, 0.6) is 5.75 Å². The molecule has 1 aliphatic rings. The van der Waals surface area contributed by atoms with E-state index in [-0.39, 0.29) is 17.0 Å². The molecule has 2 rings (SSSR count). The lowest BCUT2D eigenvalue weighted by Gasteiger charge is -2.27. The van der Waals surface area contributed by atoms with E-state index in [0.29, 0.717) is 6.61 Å². The number of methoxy groups -OCH3 is 1. The second-order valence-corrected chi connectivity index (χ2v) is 5.22. The number of nitrogens with one attached hydrogen (secondary N) is 1. The van der Waals surface area contributed by atoms with Crippen molar-refractivity contribution in [1.82, 2.24) is 4.90 Å². The van der Waals surface area contributed by atoms with Crippen molar-refractivity contribution in [2.45, 2.75) is 24.7 Å². The van der Waals surface area contributed by atoms with Crippen molar-refractivity contribution in [2.75, 3.05) is 26.1 Å². The SMILES string of the molecule is COCC1(N(C)C(=O)Nc2cccc(OC(F)(F)F)c2)CC1. The Morgan fingerprint density at radius 3 is 2.64 bits per heavy atom. The van der Waals surface area contributed by atoms with Crippen LogP contribution in [0.15, 0.2) is 24.3 Å². The summed E-state index contributed by atoms with van der Waals surface area (Å²) in [5, 5.41) is 2.56. The molecule has 22 heavy (non-hydrogen) atoms. The molecule has 1 aromatic rings. The number of ether oxygens (including phenoxy) is 2. The number of carbonyl (C=O) groups is 1. The van der Waals surface area contributed by atoms with E-state index in [9.17, 15) is 18.0 Å². The number of urea groups is 1. The second kappa shape index (κ2) is 6.04. The number of halogens is 3. The molecule has 5 nitrogen and oxygen atoms in total. The molecule has 1 saturated carbocycles. The zero-order valence-electron chi connectivity index (χ0n) is 12.2. The highest BCUT2D eigenvalue weighted by atomic mass is 19.4. The van der Waals surface area contributed by atoms with Crippen LogP contribution in [-0.2, 0) is 4.74 Å². The number of carbonyl (C=O) groups excluding carboxylic acids is 1. The number of hydrogen-bond acceptors (Lipinski definition) is 3. The molecule has 122 valence electrons. The second-order valence-electron chi connectivity index (χ2n) is 5.22. The highest BCUT2D eigenvalue weighted by molar-refractivity contribution is 5.90. The third-order valence-corrected chi connectivity index (χ3v) is 3.58. The van der Waals surface area contributed by atoms with Gasteiger partial charge in [0.05, 0.1) is 12.1 Å². The zero-order valence-corrected chi connectivity index (χ0v) is 12.2. The summed E-state index contributed by atoms with van der Waals surface area (Å²) in [6.07, 6.45) is -3.10. The molecule has 0 aromatic heterocycles. The minimum absolute atomic E-state index is 0.229. The number of nitrogens with zero attached hydrogens (tertiary/aromatic N) is 1. The van der Waals surface area contributed by atoms with Crippen molar-refractivity contribution in [3.8, 4) is 5.75 Å². The first-order chi connectivity index (χ1) is 10.3. The Bertz CT molecular complexity index is 544. The summed E-state index contributed by atoms with van der Waals surface area (Å²) >= 11 is 0. The van der Waals surface area contributed by atoms with Crippen LogP contribution in [0.1, 0.15) is 12.8 Å². The largest absolute Gasteiger partial charge is 0.573 e. The molecular weight excluding hydrogens is 301 g/mol. The quantitative estimate of drug-likeness (QED) is 0.907. The summed E-state index contributed by atoms with van der Waals surface area (Å²) in [7, 11) is 3.20. The van der Waals surface area contributed by atoms with Crippen LogP contribution in [-0.4, -0.2) is 43.6 Å². The van der Waals surface area contributed by atoms with Crippen molar-refractivity contribution in [3.63, 3.8) is 0 Å². The molecule has 8 heteroatoms. The molecule has 1 fully saturated rings. The van der Waals surface area contributed by atoms with Gasteiger partial charge in [0.1, 0.15) is 5.75 Å². The van der Waals surface area contributed by atoms with E-state index >= 15 is 0 Å². The minimum Gasteiger partial charge on any atom is -0.406 e. The van der Waals surface area contributed by atoms with Crippen LogP contribution >= 0.6 is 0 Å². The molecular formula is C14H17F3N2O3. The number of anilines is 1. The minimum atomic E-state index is -4.77. The van der Waals surface area contributed by atoms with Gasteiger partial charge in [-0.05, 0) is 25.0 Å². The van der Waals surface area contributed by atoms with Gasteiger partial charge in [-0.15, -0.1) is 13.2 Å². The molecule has 0 saturated heterocycles. The molecule has 1 aromatic carbocycles. The van der Waals surface area contributed by atoms with E-state index in [1.807, 2.05) is 0 Å². The van der Waals surface area contributed by atoms with Gasteiger partial charge in [0.2, 0.25) is 0 Å². The fourth-order valence-corrected chi connectivity index (χ4v) is 2.18. The number of likely N-dealkylation sites (N-methyl/N-ethyl adjacent to an activating group) is 1. The van der Waals surface area contributed by atoms with Gasteiger partial charge in [-0.25, -0.2) is 4.79 Å². The van der Waals surface area contributed by atoms with Crippen molar-refractivity contribution < 1.29 is 27.4 Å². The Kier molecular flexibility index (Phi) is 4.50. The number of rotatable bonds is 5. The van der Waals surface area contributed by atoms with E-state index in [1.54, 1.807) is 14.2 Å². The molecule has 0 heterocycles. The van der Waals surface area contributed by atoms with Gasteiger partial charge in [0.15, 0.2) is 0 Å². The van der Waals surface area contributed by atoms with E-state index in [2.05, 4.69) is 10.1 Å². The van der Waals surface area contributed by atoms with Gasteiger partial charge < -0.3 is 19.7 Å². The first-order valence-corrected chi connectivity index (χ1v) is 6.65.